The summed E-state index contributed by atoms with van der Waals surface area (Å²) in [5, 5.41) is 4.09. The minimum absolute atomic E-state index is 0.111. The summed E-state index contributed by atoms with van der Waals surface area (Å²) < 4.78 is 16.8. The summed E-state index contributed by atoms with van der Waals surface area (Å²) in [4.78, 5) is 19.1. The van der Waals surface area contributed by atoms with E-state index >= 15 is 0 Å². The second kappa shape index (κ2) is 9.50. The van der Waals surface area contributed by atoms with Gasteiger partial charge in [0.2, 0.25) is 5.89 Å². The van der Waals surface area contributed by atoms with Crippen molar-refractivity contribution in [3.05, 3.63) is 47.1 Å². The maximum absolute atomic E-state index is 12.6. The van der Waals surface area contributed by atoms with Crippen LogP contribution in [0.3, 0.4) is 0 Å². The summed E-state index contributed by atoms with van der Waals surface area (Å²) in [6.07, 6.45) is 4.43. The highest BCUT2D eigenvalue weighted by Crippen LogP contribution is 2.25. The average molecular weight is 399 g/mol. The zero-order chi connectivity index (χ0) is 20.1. The van der Waals surface area contributed by atoms with Crippen LogP contribution in [-0.4, -0.2) is 60.0 Å². The Labute approximate surface area is 171 Å². The van der Waals surface area contributed by atoms with Crippen LogP contribution in [0.4, 0.5) is 0 Å². The number of benzene rings is 1. The number of hydrogen-bond acceptors (Lipinski definition) is 6. The molecule has 1 aromatic heterocycles. The number of hydrogen-bond donors (Lipinski definition) is 0. The molecule has 0 aliphatic carbocycles. The van der Waals surface area contributed by atoms with Crippen LogP contribution in [-0.2, 0) is 15.9 Å². The molecule has 4 rings (SSSR count). The molecule has 1 amide bonds. The van der Waals surface area contributed by atoms with Gasteiger partial charge in [-0.2, -0.15) is 4.98 Å². The number of aromatic nitrogens is 2. The molecule has 2 aliphatic heterocycles. The van der Waals surface area contributed by atoms with Crippen molar-refractivity contribution in [3.63, 3.8) is 0 Å². The van der Waals surface area contributed by atoms with Crippen LogP contribution in [0.5, 0.6) is 0 Å². The van der Waals surface area contributed by atoms with Gasteiger partial charge in [0.1, 0.15) is 0 Å². The number of likely N-dealkylation sites (tertiary alicyclic amines) is 1. The largest absolute Gasteiger partial charge is 0.381 e. The SMILES string of the molecule is Cc1cccc(C(=O)N2CCC(OCCc3noc(C4CCOCC4)n3)CC2)c1. The van der Waals surface area contributed by atoms with Crippen LogP contribution >= 0.6 is 0 Å². The standard InChI is InChI=1S/C22H29N3O4/c1-16-3-2-4-18(15-16)22(26)25-10-5-19(6-11-25)28-14-9-20-23-21(29-24-20)17-7-12-27-13-8-17/h2-4,15,17,19H,5-14H2,1H3. The Bertz CT molecular complexity index is 808. The molecular weight excluding hydrogens is 370 g/mol. The molecule has 0 spiro atoms. The Hall–Kier alpha value is -2.25. The number of aryl methyl sites for hydroxylation is 1. The number of amides is 1. The highest BCUT2D eigenvalue weighted by atomic mass is 16.5. The third-order valence-electron chi connectivity index (χ3n) is 5.73. The third-order valence-corrected chi connectivity index (χ3v) is 5.73. The van der Waals surface area contributed by atoms with Crippen molar-refractivity contribution in [1.29, 1.82) is 0 Å². The summed E-state index contributed by atoms with van der Waals surface area (Å²) in [5.41, 5.74) is 1.87. The number of ether oxygens (including phenoxy) is 2. The number of piperidine rings is 1. The Morgan fingerprint density at radius 2 is 2.00 bits per heavy atom. The van der Waals surface area contributed by atoms with Crippen LogP contribution in [0.1, 0.15) is 59.2 Å². The zero-order valence-corrected chi connectivity index (χ0v) is 17.0. The quantitative estimate of drug-likeness (QED) is 0.743. The second-order valence-corrected chi connectivity index (χ2v) is 7.92. The van der Waals surface area contributed by atoms with Crippen molar-refractivity contribution >= 4 is 5.91 Å². The fraction of sp³-hybridized carbons (Fsp3) is 0.591. The van der Waals surface area contributed by atoms with Gasteiger partial charge in [0, 0.05) is 44.2 Å². The molecule has 7 heteroatoms. The minimum Gasteiger partial charge on any atom is -0.381 e. The fourth-order valence-corrected chi connectivity index (χ4v) is 3.98. The Balaban J connectivity index is 1.19. The number of carbonyl (C=O) groups is 1. The van der Waals surface area contributed by atoms with Gasteiger partial charge < -0.3 is 18.9 Å². The van der Waals surface area contributed by atoms with Crippen molar-refractivity contribution in [3.8, 4) is 0 Å². The van der Waals surface area contributed by atoms with Gasteiger partial charge in [0.25, 0.3) is 5.91 Å². The fourth-order valence-electron chi connectivity index (χ4n) is 3.98. The Morgan fingerprint density at radius 3 is 2.76 bits per heavy atom. The van der Waals surface area contributed by atoms with Gasteiger partial charge in [-0.3, -0.25) is 4.79 Å². The van der Waals surface area contributed by atoms with Gasteiger partial charge >= 0.3 is 0 Å². The van der Waals surface area contributed by atoms with Crippen LogP contribution in [0.2, 0.25) is 0 Å². The van der Waals surface area contributed by atoms with E-state index < -0.39 is 0 Å². The van der Waals surface area contributed by atoms with Gasteiger partial charge in [-0.05, 0) is 44.7 Å². The van der Waals surface area contributed by atoms with E-state index in [1.807, 2.05) is 36.1 Å². The normalized spacial score (nSPS) is 18.9. The summed E-state index contributed by atoms with van der Waals surface area (Å²) >= 11 is 0. The number of rotatable bonds is 6. The van der Waals surface area contributed by atoms with E-state index in [-0.39, 0.29) is 12.0 Å². The molecule has 2 saturated heterocycles. The highest BCUT2D eigenvalue weighted by molar-refractivity contribution is 5.94. The van der Waals surface area contributed by atoms with Crippen LogP contribution in [0, 0.1) is 6.92 Å². The van der Waals surface area contributed by atoms with Crippen molar-refractivity contribution in [2.75, 3.05) is 32.9 Å². The van der Waals surface area contributed by atoms with Crippen LogP contribution < -0.4 is 0 Å². The predicted molar refractivity (Wildman–Crippen MR) is 107 cm³/mol. The van der Waals surface area contributed by atoms with Gasteiger partial charge in [-0.25, -0.2) is 0 Å². The van der Waals surface area contributed by atoms with Gasteiger partial charge in [0.05, 0.1) is 12.7 Å². The molecule has 0 N–H and O–H groups in total. The number of carbonyl (C=O) groups excluding carboxylic acids is 1. The smallest absolute Gasteiger partial charge is 0.253 e. The first-order chi connectivity index (χ1) is 14.2. The minimum atomic E-state index is 0.111. The van der Waals surface area contributed by atoms with E-state index in [1.54, 1.807) is 0 Å². The Kier molecular flexibility index (Phi) is 6.56. The predicted octanol–water partition coefficient (Wildman–Crippen LogP) is 3.14. The van der Waals surface area contributed by atoms with Crippen molar-refractivity contribution in [1.82, 2.24) is 15.0 Å². The van der Waals surface area contributed by atoms with Crippen LogP contribution in [0.25, 0.3) is 0 Å². The molecule has 1 aromatic carbocycles. The van der Waals surface area contributed by atoms with Crippen molar-refractivity contribution in [2.24, 2.45) is 0 Å². The maximum atomic E-state index is 12.6. The summed E-state index contributed by atoms with van der Waals surface area (Å²) in [6.45, 7) is 5.56. The second-order valence-electron chi connectivity index (χ2n) is 7.92. The molecule has 2 aliphatic rings. The van der Waals surface area contributed by atoms with Crippen molar-refractivity contribution < 1.29 is 18.8 Å². The molecule has 7 nitrogen and oxygen atoms in total. The third kappa shape index (κ3) is 5.22. The first-order valence-electron chi connectivity index (χ1n) is 10.6. The monoisotopic (exact) mass is 399 g/mol. The lowest BCUT2D eigenvalue weighted by molar-refractivity contribution is 0.00947. The average Bonchev–Trinajstić information content (AvgIpc) is 3.23. The highest BCUT2D eigenvalue weighted by Gasteiger charge is 2.25. The summed E-state index contributed by atoms with van der Waals surface area (Å²) in [6, 6.07) is 7.78. The first-order valence-corrected chi connectivity index (χ1v) is 10.6. The van der Waals surface area contributed by atoms with E-state index in [0.717, 1.165) is 69.0 Å². The lowest BCUT2D eigenvalue weighted by Gasteiger charge is -2.32. The van der Waals surface area contributed by atoms with Gasteiger partial charge in [-0.15, -0.1) is 0 Å². The molecule has 156 valence electrons. The van der Waals surface area contributed by atoms with Gasteiger partial charge in [0.15, 0.2) is 5.82 Å². The van der Waals surface area contributed by atoms with Gasteiger partial charge in [-0.1, -0.05) is 22.9 Å². The number of nitrogens with zero attached hydrogens (tertiary/aromatic N) is 3. The first kappa shape index (κ1) is 20.0. The van der Waals surface area contributed by atoms with Crippen molar-refractivity contribution in [2.45, 2.75) is 51.0 Å². The van der Waals surface area contributed by atoms with Crippen LogP contribution in [0.15, 0.2) is 28.8 Å². The van der Waals surface area contributed by atoms with E-state index in [0.29, 0.717) is 24.8 Å². The zero-order valence-electron chi connectivity index (χ0n) is 17.0. The topological polar surface area (TPSA) is 77.7 Å². The summed E-state index contributed by atoms with van der Waals surface area (Å²) in [7, 11) is 0. The maximum Gasteiger partial charge on any atom is 0.253 e. The van der Waals surface area contributed by atoms with E-state index in [4.69, 9.17) is 14.0 Å². The molecule has 29 heavy (non-hydrogen) atoms. The molecule has 2 aromatic rings. The van der Waals surface area contributed by atoms with E-state index in [9.17, 15) is 4.79 Å². The summed E-state index contributed by atoms with van der Waals surface area (Å²) in [5.74, 6) is 1.87. The van der Waals surface area contributed by atoms with E-state index in [1.165, 1.54) is 0 Å². The molecule has 3 heterocycles. The Morgan fingerprint density at radius 1 is 1.21 bits per heavy atom. The van der Waals surface area contributed by atoms with E-state index in [2.05, 4.69) is 10.1 Å². The molecule has 0 saturated carbocycles. The molecule has 0 atom stereocenters. The molecule has 2 fully saturated rings. The molecule has 0 bridgehead atoms. The lowest BCUT2D eigenvalue weighted by atomic mass is 10.0. The lowest BCUT2D eigenvalue weighted by Crippen LogP contribution is -2.41. The molecule has 0 radical (unpaired) electrons. The molecular formula is C22H29N3O4. The molecule has 0 unspecified atom stereocenters.